The van der Waals surface area contributed by atoms with Crippen molar-refractivity contribution in [3.05, 3.63) is 59.7 Å². The molecule has 0 saturated carbocycles. The van der Waals surface area contributed by atoms with Crippen molar-refractivity contribution in [2.45, 2.75) is 50.2 Å². The van der Waals surface area contributed by atoms with E-state index in [1.807, 2.05) is 25.3 Å². The van der Waals surface area contributed by atoms with Crippen LogP contribution >= 0.6 is 11.8 Å². The van der Waals surface area contributed by atoms with Crippen LogP contribution in [-0.2, 0) is 11.3 Å². The zero-order valence-corrected chi connectivity index (χ0v) is 18.8. The van der Waals surface area contributed by atoms with Crippen molar-refractivity contribution in [1.29, 1.82) is 0 Å². The van der Waals surface area contributed by atoms with Crippen molar-refractivity contribution in [2.75, 3.05) is 0 Å². The number of nitrogens with one attached hydrogen (secondary N) is 1. The average Bonchev–Trinajstić information content (AvgIpc) is 3.05. The van der Waals surface area contributed by atoms with Gasteiger partial charge in [0.05, 0.1) is 10.8 Å². The van der Waals surface area contributed by atoms with Crippen molar-refractivity contribution in [2.24, 2.45) is 0 Å². The molecular weight excluding hydrogens is 432 g/mol. The number of amides is 1. The molecule has 32 heavy (non-hydrogen) atoms. The highest BCUT2D eigenvalue weighted by Gasteiger charge is 2.22. The Morgan fingerprint density at radius 3 is 2.50 bits per heavy atom. The van der Waals surface area contributed by atoms with E-state index in [2.05, 4.69) is 20.5 Å². The second-order valence-electron chi connectivity index (χ2n) is 7.82. The molecule has 1 unspecified atom stereocenters. The summed E-state index contributed by atoms with van der Waals surface area (Å²) >= 11 is 1.25. The fraction of sp³-hybridized carbons (Fsp3) is 0.304. The van der Waals surface area contributed by atoms with Crippen molar-refractivity contribution in [3.8, 4) is 0 Å². The summed E-state index contributed by atoms with van der Waals surface area (Å²) in [6.45, 7) is 6.15. The maximum atomic E-state index is 14.0. The molecule has 0 aliphatic carbocycles. The van der Waals surface area contributed by atoms with Crippen molar-refractivity contribution in [3.63, 3.8) is 0 Å². The molecule has 0 aliphatic rings. The van der Waals surface area contributed by atoms with Crippen LogP contribution in [0.2, 0.25) is 0 Å². The number of rotatable bonds is 7. The van der Waals surface area contributed by atoms with Crippen molar-refractivity contribution in [1.82, 2.24) is 25.1 Å². The van der Waals surface area contributed by atoms with E-state index in [1.165, 1.54) is 36.0 Å². The number of hydrogen-bond donors (Lipinski definition) is 1. The Bertz CT molecular complexity index is 1270. The topological polar surface area (TPSA) is 72.7 Å². The fourth-order valence-corrected chi connectivity index (χ4v) is 4.35. The third-order valence-electron chi connectivity index (χ3n) is 5.00. The highest BCUT2D eigenvalue weighted by molar-refractivity contribution is 8.00. The fourth-order valence-electron chi connectivity index (χ4n) is 3.52. The molecule has 2 heterocycles. The zero-order chi connectivity index (χ0) is 22.8. The molecule has 1 atom stereocenters. The Morgan fingerprint density at radius 1 is 1.09 bits per heavy atom. The summed E-state index contributed by atoms with van der Waals surface area (Å²) in [5.74, 6) is -0.772. The number of fused-ring (bicyclic) bond motifs is 3. The van der Waals surface area contributed by atoms with Gasteiger partial charge in [-0.05, 0) is 56.2 Å². The Labute approximate surface area is 188 Å². The van der Waals surface area contributed by atoms with Gasteiger partial charge in [0.25, 0.3) is 0 Å². The van der Waals surface area contributed by atoms with Crippen LogP contribution in [0.15, 0.2) is 47.6 Å². The van der Waals surface area contributed by atoms with E-state index in [9.17, 15) is 13.6 Å². The Morgan fingerprint density at radius 2 is 1.81 bits per heavy atom. The summed E-state index contributed by atoms with van der Waals surface area (Å²) in [7, 11) is 0. The molecule has 166 valence electrons. The van der Waals surface area contributed by atoms with Gasteiger partial charge in [0.15, 0.2) is 5.65 Å². The molecule has 9 heteroatoms. The summed E-state index contributed by atoms with van der Waals surface area (Å²) < 4.78 is 29.2. The first-order chi connectivity index (χ1) is 15.4. The summed E-state index contributed by atoms with van der Waals surface area (Å²) in [4.78, 5) is 17.2. The average molecular weight is 456 g/mol. The van der Waals surface area contributed by atoms with Crippen LogP contribution in [0.5, 0.6) is 0 Å². The van der Waals surface area contributed by atoms with Gasteiger partial charge in [0.1, 0.15) is 17.2 Å². The zero-order valence-electron chi connectivity index (χ0n) is 18.0. The second-order valence-corrected chi connectivity index (χ2v) is 8.99. The number of nitrogens with zero attached hydrogens (tertiary/aromatic N) is 4. The standard InChI is InChI=1S/C23H23F2N5OS/c1-4-19(22(31)26-13(2)3)32-23-27-21-20(28-29-23)17-11-16(25)9-10-18(17)30(21)12-14-5-7-15(24)8-6-14/h5-11,13,19H,4,12H2,1-3H3,(H,26,31). The van der Waals surface area contributed by atoms with E-state index in [0.29, 0.717) is 34.7 Å². The molecular formula is C23H23F2N5OS. The van der Waals surface area contributed by atoms with Gasteiger partial charge in [-0.15, -0.1) is 10.2 Å². The normalized spacial score (nSPS) is 12.6. The van der Waals surface area contributed by atoms with E-state index in [0.717, 1.165) is 11.1 Å². The summed E-state index contributed by atoms with van der Waals surface area (Å²) in [5, 5.41) is 12.1. The van der Waals surface area contributed by atoms with Gasteiger partial charge < -0.3 is 9.88 Å². The third-order valence-corrected chi connectivity index (χ3v) is 6.22. The lowest BCUT2D eigenvalue weighted by Crippen LogP contribution is -2.37. The first-order valence-corrected chi connectivity index (χ1v) is 11.3. The van der Waals surface area contributed by atoms with Crippen LogP contribution in [0.1, 0.15) is 32.8 Å². The van der Waals surface area contributed by atoms with Crippen LogP contribution in [0.25, 0.3) is 22.1 Å². The maximum Gasteiger partial charge on any atom is 0.233 e. The lowest BCUT2D eigenvalue weighted by atomic mass is 10.2. The summed E-state index contributed by atoms with van der Waals surface area (Å²) in [6.07, 6.45) is 0.606. The molecule has 0 fully saturated rings. The van der Waals surface area contributed by atoms with Gasteiger partial charge in [-0.2, -0.15) is 0 Å². The molecule has 0 aliphatic heterocycles. The van der Waals surface area contributed by atoms with E-state index in [-0.39, 0.29) is 28.8 Å². The minimum absolute atomic E-state index is 0.0341. The molecule has 6 nitrogen and oxygen atoms in total. The van der Waals surface area contributed by atoms with E-state index < -0.39 is 0 Å². The monoisotopic (exact) mass is 455 g/mol. The number of aromatic nitrogens is 4. The Balaban J connectivity index is 1.77. The van der Waals surface area contributed by atoms with Crippen molar-refractivity contribution < 1.29 is 13.6 Å². The van der Waals surface area contributed by atoms with Gasteiger partial charge in [-0.1, -0.05) is 30.8 Å². The Hall–Kier alpha value is -3.07. The lowest BCUT2D eigenvalue weighted by Gasteiger charge is -2.15. The van der Waals surface area contributed by atoms with Gasteiger partial charge in [0, 0.05) is 18.0 Å². The summed E-state index contributed by atoms with van der Waals surface area (Å²) in [5.41, 5.74) is 2.63. The van der Waals surface area contributed by atoms with Crippen LogP contribution in [0, 0.1) is 11.6 Å². The highest BCUT2D eigenvalue weighted by Crippen LogP contribution is 2.30. The first kappa shape index (κ1) is 22.1. The first-order valence-electron chi connectivity index (χ1n) is 10.4. The number of halogens is 2. The molecule has 0 bridgehead atoms. The maximum absolute atomic E-state index is 14.0. The molecule has 2 aromatic carbocycles. The number of carbonyl (C=O) groups is 1. The molecule has 1 N–H and O–H groups in total. The molecule has 2 aromatic heterocycles. The van der Waals surface area contributed by atoms with Crippen LogP contribution in [0.4, 0.5) is 8.78 Å². The predicted molar refractivity (Wildman–Crippen MR) is 122 cm³/mol. The lowest BCUT2D eigenvalue weighted by molar-refractivity contribution is -0.121. The number of carbonyl (C=O) groups excluding carboxylic acids is 1. The minimum Gasteiger partial charge on any atom is -0.353 e. The smallest absolute Gasteiger partial charge is 0.233 e. The van der Waals surface area contributed by atoms with Crippen molar-refractivity contribution >= 4 is 39.7 Å². The predicted octanol–water partition coefficient (Wildman–Crippen LogP) is 4.70. The van der Waals surface area contributed by atoms with Gasteiger partial charge in [0.2, 0.25) is 11.1 Å². The minimum atomic E-state index is -0.380. The third kappa shape index (κ3) is 4.57. The SMILES string of the molecule is CCC(Sc1nnc2c3cc(F)ccc3n(Cc3ccc(F)cc3)c2n1)C(=O)NC(C)C. The van der Waals surface area contributed by atoms with Crippen LogP contribution < -0.4 is 5.32 Å². The van der Waals surface area contributed by atoms with Crippen LogP contribution in [-0.4, -0.2) is 36.9 Å². The quantitative estimate of drug-likeness (QED) is 0.409. The summed E-state index contributed by atoms with van der Waals surface area (Å²) in [6, 6.07) is 10.7. The van der Waals surface area contributed by atoms with E-state index in [1.54, 1.807) is 18.2 Å². The molecule has 4 aromatic rings. The number of hydrogen-bond acceptors (Lipinski definition) is 5. The van der Waals surface area contributed by atoms with E-state index >= 15 is 0 Å². The Kier molecular flexibility index (Phi) is 6.36. The van der Waals surface area contributed by atoms with E-state index in [4.69, 9.17) is 0 Å². The molecule has 0 radical (unpaired) electrons. The number of thioether (sulfide) groups is 1. The molecule has 0 spiro atoms. The van der Waals surface area contributed by atoms with Crippen LogP contribution in [0.3, 0.4) is 0 Å². The molecule has 0 saturated heterocycles. The molecule has 1 amide bonds. The second kappa shape index (κ2) is 9.20. The molecule has 4 rings (SSSR count). The van der Waals surface area contributed by atoms with Gasteiger partial charge in [-0.25, -0.2) is 13.8 Å². The highest BCUT2D eigenvalue weighted by atomic mass is 32.2. The van der Waals surface area contributed by atoms with Gasteiger partial charge in [-0.3, -0.25) is 4.79 Å². The van der Waals surface area contributed by atoms with Gasteiger partial charge >= 0.3 is 0 Å². The number of benzene rings is 2. The largest absolute Gasteiger partial charge is 0.353 e.